The molecular formula is C43H27N3O2. The first-order valence-corrected chi connectivity index (χ1v) is 16.2. The summed E-state index contributed by atoms with van der Waals surface area (Å²) < 4.78 is 12.5. The highest BCUT2D eigenvalue weighted by Gasteiger charge is 2.36. The van der Waals surface area contributed by atoms with Crippen LogP contribution in [0.1, 0.15) is 17.0 Å². The Hall–Kier alpha value is -6.33. The maximum atomic E-state index is 6.29. The molecule has 0 bridgehead atoms. The van der Waals surface area contributed by atoms with Crippen LogP contribution in [-0.2, 0) is 0 Å². The van der Waals surface area contributed by atoms with Crippen molar-refractivity contribution in [1.29, 1.82) is 0 Å². The normalized spacial score (nSPS) is 16.5. The van der Waals surface area contributed by atoms with E-state index in [-0.39, 0.29) is 12.0 Å². The van der Waals surface area contributed by atoms with Crippen molar-refractivity contribution in [3.05, 3.63) is 163 Å². The van der Waals surface area contributed by atoms with Crippen molar-refractivity contribution in [3.8, 4) is 39.9 Å². The largest absolute Gasteiger partial charge is 0.485 e. The van der Waals surface area contributed by atoms with Gasteiger partial charge >= 0.3 is 0 Å². The Kier molecular flexibility index (Phi) is 5.93. The second-order valence-corrected chi connectivity index (χ2v) is 12.3. The topological polar surface area (TPSA) is 61.0 Å². The minimum Gasteiger partial charge on any atom is -0.485 e. The van der Waals surface area contributed by atoms with Crippen LogP contribution < -0.4 is 4.74 Å². The van der Waals surface area contributed by atoms with Crippen LogP contribution in [0.25, 0.3) is 72.4 Å². The molecule has 0 fully saturated rings. The van der Waals surface area contributed by atoms with Gasteiger partial charge in [0.05, 0.1) is 5.92 Å². The standard InChI is InChI=1S/C43H27N3O2/c1-2-10-26(11-3-1)41-44-42(46-43(45-41)34-15-9-19-38-40(34)33-13-5-7-17-36(33)48-38)30-23-21-27-24-29(22-20-28(27)25-30)31-14-8-18-37-39(31)32-12-4-6-16-35(32)47-37/h1-25,37,39H. The molecule has 0 saturated carbocycles. The van der Waals surface area contributed by atoms with E-state index < -0.39 is 0 Å². The second kappa shape index (κ2) is 10.6. The van der Waals surface area contributed by atoms with Gasteiger partial charge in [-0.25, -0.2) is 15.0 Å². The summed E-state index contributed by atoms with van der Waals surface area (Å²) in [6.45, 7) is 0. The Bertz CT molecular complexity index is 2620. The molecular weight excluding hydrogens is 590 g/mol. The average molecular weight is 618 g/mol. The molecule has 226 valence electrons. The number of para-hydroxylation sites is 2. The van der Waals surface area contributed by atoms with Crippen LogP contribution >= 0.6 is 0 Å². The Morgan fingerprint density at radius 3 is 2.15 bits per heavy atom. The van der Waals surface area contributed by atoms with Crippen molar-refractivity contribution in [2.24, 2.45) is 0 Å². The summed E-state index contributed by atoms with van der Waals surface area (Å²) in [4.78, 5) is 15.1. The van der Waals surface area contributed by atoms with Crippen molar-refractivity contribution in [1.82, 2.24) is 15.0 Å². The molecule has 0 spiro atoms. The molecule has 3 heterocycles. The number of ether oxygens (including phenoxy) is 1. The summed E-state index contributed by atoms with van der Waals surface area (Å²) in [6, 6.07) is 45.8. The molecule has 2 aromatic heterocycles. The number of aromatic nitrogens is 3. The number of benzene rings is 6. The molecule has 0 amide bonds. The molecule has 2 atom stereocenters. The van der Waals surface area contributed by atoms with Crippen molar-refractivity contribution < 1.29 is 9.15 Å². The molecule has 10 rings (SSSR count). The van der Waals surface area contributed by atoms with Crippen LogP contribution in [0.5, 0.6) is 5.75 Å². The molecule has 0 N–H and O–H groups in total. The highest BCUT2D eigenvalue weighted by molar-refractivity contribution is 6.11. The van der Waals surface area contributed by atoms with Gasteiger partial charge in [-0.05, 0) is 58.3 Å². The Morgan fingerprint density at radius 2 is 1.25 bits per heavy atom. The number of allylic oxidation sites excluding steroid dienone is 2. The Labute approximate surface area is 276 Å². The van der Waals surface area contributed by atoms with E-state index in [4.69, 9.17) is 24.1 Å². The van der Waals surface area contributed by atoms with Gasteiger partial charge in [0.2, 0.25) is 0 Å². The van der Waals surface area contributed by atoms with E-state index in [0.29, 0.717) is 17.5 Å². The summed E-state index contributed by atoms with van der Waals surface area (Å²) in [7, 11) is 0. The predicted octanol–water partition coefficient (Wildman–Crippen LogP) is 10.4. The molecule has 6 aromatic carbocycles. The van der Waals surface area contributed by atoms with Crippen LogP contribution in [0.15, 0.2) is 156 Å². The quantitative estimate of drug-likeness (QED) is 0.197. The lowest BCUT2D eigenvalue weighted by atomic mass is 9.81. The van der Waals surface area contributed by atoms with E-state index in [1.165, 1.54) is 16.7 Å². The summed E-state index contributed by atoms with van der Waals surface area (Å²) in [6.07, 6.45) is 6.52. The zero-order valence-corrected chi connectivity index (χ0v) is 25.7. The summed E-state index contributed by atoms with van der Waals surface area (Å²) >= 11 is 0. The maximum Gasteiger partial charge on any atom is 0.164 e. The van der Waals surface area contributed by atoms with Crippen molar-refractivity contribution in [3.63, 3.8) is 0 Å². The Balaban J connectivity index is 1.09. The highest BCUT2D eigenvalue weighted by atomic mass is 16.5. The van der Waals surface area contributed by atoms with Crippen LogP contribution in [0, 0.1) is 0 Å². The van der Waals surface area contributed by atoms with Gasteiger partial charge in [0, 0.05) is 33.0 Å². The van der Waals surface area contributed by atoms with E-state index in [1.54, 1.807) is 0 Å². The third kappa shape index (κ3) is 4.28. The predicted molar refractivity (Wildman–Crippen MR) is 192 cm³/mol. The summed E-state index contributed by atoms with van der Waals surface area (Å²) in [5, 5.41) is 4.31. The van der Waals surface area contributed by atoms with Crippen molar-refractivity contribution in [2.45, 2.75) is 12.0 Å². The SMILES string of the molecule is C1=CC2Oc3ccccc3C2C(c2ccc3cc(-c4nc(-c5ccccc5)nc(-c5cccc6oc7ccccc7c56)n4)ccc3c2)=C1. The van der Waals surface area contributed by atoms with Gasteiger partial charge in [-0.3, -0.25) is 0 Å². The summed E-state index contributed by atoms with van der Waals surface area (Å²) in [5.41, 5.74) is 8.13. The molecule has 5 heteroatoms. The zero-order chi connectivity index (χ0) is 31.6. The molecule has 1 aliphatic carbocycles. The van der Waals surface area contributed by atoms with E-state index in [0.717, 1.165) is 55.2 Å². The molecule has 2 aliphatic rings. The van der Waals surface area contributed by atoms with Crippen molar-refractivity contribution in [2.75, 3.05) is 0 Å². The highest BCUT2D eigenvalue weighted by Crippen LogP contribution is 2.48. The van der Waals surface area contributed by atoms with Gasteiger partial charge in [-0.2, -0.15) is 0 Å². The molecule has 8 aromatic rings. The monoisotopic (exact) mass is 617 g/mol. The first-order chi connectivity index (χ1) is 23.8. The number of furan rings is 1. The first-order valence-electron chi connectivity index (χ1n) is 16.2. The smallest absolute Gasteiger partial charge is 0.164 e. The fourth-order valence-electron chi connectivity index (χ4n) is 7.25. The molecule has 1 aliphatic heterocycles. The number of rotatable bonds is 4. The van der Waals surface area contributed by atoms with Crippen LogP contribution in [0.4, 0.5) is 0 Å². The first kappa shape index (κ1) is 26.8. The van der Waals surface area contributed by atoms with Gasteiger partial charge in [-0.15, -0.1) is 0 Å². The van der Waals surface area contributed by atoms with Crippen LogP contribution in [0.3, 0.4) is 0 Å². The third-order valence-corrected chi connectivity index (χ3v) is 9.50. The van der Waals surface area contributed by atoms with Crippen LogP contribution in [0.2, 0.25) is 0 Å². The maximum absolute atomic E-state index is 6.29. The lowest BCUT2D eigenvalue weighted by molar-refractivity contribution is 0.271. The molecule has 0 radical (unpaired) electrons. The lowest BCUT2D eigenvalue weighted by Gasteiger charge is -2.23. The molecule has 0 saturated heterocycles. The third-order valence-electron chi connectivity index (χ3n) is 9.50. The van der Waals surface area contributed by atoms with E-state index >= 15 is 0 Å². The van der Waals surface area contributed by atoms with Crippen LogP contribution in [-0.4, -0.2) is 21.1 Å². The van der Waals surface area contributed by atoms with E-state index in [9.17, 15) is 0 Å². The minimum atomic E-state index is 0.0169. The number of hydrogen-bond donors (Lipinski definition) is 0. The second-order valence-electron chi connectivity index (χ2n) is 12.3. The zero-order valence-electron chi connectivity index (χ0n) is 25.7. The number of hydrogen-bond acceptors (Lipinski definition) is 5. The molecule has 5 nitrogen and oxygen atoms in total. The fraction of sp³-hybridized carbons (Fsp3) is 0.0465. The van der Waals surface area contributed by atoms with E-state index in [1.807, 2.05) is 66.7 Å². The van der Waals surface area contributed by atoms with Gasteiger partial charge in [0.1, 0.15) is 23.0 Å². The molecule has 2 unspecified atom stereocenters. The van der Waals surface area contributed by atoms with Crippen molar-refractivity contribution >= 4 is 38.3 Å². The van der Waals surface area contributed by atoms with E-state index in [2.05, 4.69) is 85.0 Å². The average Bonchev–Trinajstić information content (AvgIpc) is 3.73. The minimum absolute atomic E-state index is 0.0169. The van der Waals surface area contributed by atoms with Gasteiger partial charge in [-0.1, -0.05) is 115 Å². The number of fused-ring (bicyclic) bond motifs is 7. The fourth-order valence-corrected chi connectivity index (χ4v) is 7.25. The van der Waals surface area contributed by atoms with Gasteiger partial charge in [0.25, 0.3) is 0 Å². The lowest BCUT2D eigenvalue weighted by Crippen LogP contribution is -2.19. The van der Waals surface area contributed by atoms with Gasteiger partial charge in [0.15, 0.2) is 17.5 Å². The number of nitrogens with zero attached hydrogens (tertiary/aromatic N) is 3. The molecule has 48 heavy (non-hydrogen) atoms. The van der Waals surface area contributed by atoms with Gasteiger partial charge < -0.3 is 9.15 Å². The summed E-state index contributed by atoms with van der Waals surface area (Å²) in [5.74, 6) is 3.01. The Morgan fingerprint density at radius 1 is 0.542 bits per heavy atom.